The van der Waals surface area contributed by atoms with Gasteiger partial charge in [0.15, 0.2) is 0 Å². The fourth-order valence-corrected chi connectivity index (χ4v) is 2.81. The normalized spacial score (nSPS) is 14.4. The van der Waals surface area contributed by atoms with Gasteiger partial charge in [-0.3, -0.25) is 0 Å². The average molecular weight is 282 g/mol. The second-order valence-electron chi connectivity index (χ2n) is 4.22. The SMILES string of the molecule is CC(NCC(O)c1ccsc1)c1ccccc1Cl. The van der Waals surface area contributed by atoms with Crippen LogP contribution in [-0.2, 0) is 0 Å². The van der Waals surface area contributed by atoms with E-state index in [4.69, 9.17) is 11.6 Å². The van der Waals surface area contributed by atoms with Crippen LogP contribution < -0.4 is 5.32 Å². The van der Waals surface area contributed by atoms with E-state index in [1.807, 2.05) is 48.0 Å². The van der Waals surface area contributed by atoms with Gasteiger partial charge in [-0.2, -0.15) is 11.3 Å². The van der Waals surface area contributed by atoms with Crippen LogP contribution in [0.15, 0.2) is 41.1 Å². The van der Waals surface area contributed by atoms with Crippen LogP contribution in [0.25, 0.3) is 0 Å². The summed E-state index contributed by atoms with van der Waals surface area (Å²) < 4.78 is 0. The molecule has 2 rings (SSSR count). The van der Waals surface area contributed by atoms with Crippen LogP contribution in [-0.4, -0.2) is 11.7 Å². The maximum absolute atomic E-state index is 9.99. The lowest BCUT2D eigenvalue weighted by Gasteiger charge is -2.18. The second-order valence-corrected chi connectivity index (χ2v) is 5.41. The number of aliphatic hydroxyl groups excluding tert-OH is 1. The third-order valence-electron chi connectivity index (χ3n) is 2.92. The molecule has 2 N–H and O–H groups in total. The Morgan fingerprint density at radius 3 is 2.78 bits per heavy atom. The molecule has 4 heteroatoms. The maximum atomic E-state index is 9.99. The molecule has 2 nitrogen and oxygen atoms in total. The summed E-state index contributed by atoms with van der Waals surface area (Å²) >= 11 is 7.73. The van der Waals surface area contributed by atoms with Crippen LogP contribution in [0.5, 0.6) is 0 Å². The zero-order valence-electron chi connectivity index (χ0n) is 10.1. The predicted molar refractivity (Wildman–Crippen MR) is 77.1 cm³/mol. The molecular weight excluding hydrogens is 266 g/mol. The lowest BCUT2D eigenvalue weighted by Crippen LogP contribution is -2.24. The first-order valence-electron chi connectivity index (χ1n) is 5.86. The number of rotatable bonds is 5. The van der Waals surface area contributed by atoms with E-state index in [-0.39, 0.29) is 6.04 Å². The number of hydrogen-bond acceptors (Lipinski definition) is 3. The van der Waals surface area contributed by atoms with Gasteiger partial charge in [-0.1, -0.05) is 29.8 Å². The van der Waals surface area contributed by atoms with E-state index in [9.17, 15) is 5.11 Å². The molecule has 0 spiro atoms. The maximum Gasteiger partial charge on any atom is 0.0922 e. The van der Waals surface area contributed by atoms with Gasteiger partial charge in [0, 0.05) is 17.6 Å². The largest absolute Gasteiger partial charge is 0.387 e. The Morgan fingerprint density at radius 1 is 1.33 bits per heavy atom. The minimum Gasteiger partial charge on any atom is -0.387 e. The Morgan fingerprint density at radius 2 is 2.11 bits per heavy atom. The predicted octanol–water partition coefficient (Wildman–Crippen LogP) is 3.79. The minimum absolute atomic E-state index is 0.118. The molecule has 0 aliphatic carbocycles. The van der Waals surface area contributed by atoms with E-state index < -0.39 is 6.10 Å². The van der Waals surface area contributed by atoms with Crippen molar-refractivity contribution < 1.29 is 5.11 Å². The number of thiophene rings is 1. The zero-order valence-corrected chi connectivity index (χ0v) is 11.7. The molecule has 18 heavy (non-hydrogen) atoms. The molecule has 0 saturated carbocycles. The highest BCUT2D eigenvalue weighted by atomic mass is 35.5. The van der Waals surface area contributed by atoms with E-state index in [0.717, 1.165) is 16.1 Å². The van der Waals surface area contributed by atoms with E-state index in [1.54, 1.807) is 11.3 Å². The molecule has 0 saturated heterocycles. The van der Waals surface area contributed by atoms with Crippen molar-refractivity contribution in [3.63, 3.8) is 0 Å². The van der Waals surface area contributed by atoms with E-state index in [0.29, 0.717) is 6.54 Å². The van der Waals surface area contributed by atoms with Crippen molar-refractivity contribution in [2.24, 2.45) is 0 Å². The van der Waals surface area contributed by atoms with Gasteiger partial charge in [0.25, 0.3) is 0 Å². The molecule has 2 unspecified atom stereocenters. The molecule has 0 aliphatic rings. The molecule has 1 aromatic heterocycles. The molecular formula is C14H16ClNOS. The van der Waals surface area contributed by atoms with Crippen molar-refractivity contribution in [2.45, 2.75) is 19.1 Å². The highest BCUT2D eigenvalue weighted by molar-refractivity contribution is 7.07. The molecule has 0 aliphatic heterocycles. The molecule has 2 aromatic rings. The highest BCUT2D eigenvalue weighted by Crippen LogP contribution is 2.23. The van der Waals surface area contributed by atoms with Crippen LogP contribution in [0.1, 0.15) is 30.2 Å². The Bertz CT molecular complexity index is 486. The van der Waals surface area contributed by atoms with Crippen molar-refractivity contribution in [3.8, 4) is 0 Å². The molecule has 2 atom stereocenters. The van der Waals surface area contributed by atoms with E-state index in [1.165, 1.54) is 0 Å². The Balaban J connectivity index is 1.93. The van der Waals surface area contributed by atoms with Crippen LogP contribution in [0.3, 0.4) is 0 Å². The van der Waals surface area contributed by atoms with Gasteiger partial charge in [0.1, 0.15) is 0 Å². The number of benzene rings is 1. The molecule has 0 fully saturated rings. The van der Waals surface area contributed by atoms with E-state index >= 15 is 0 Å². The minimum atomic E-state index is -0.471. The Labute approximate surface area is 116 Å². The van der Waals surface area contributed by atoms with Gasteiger partial charge in [0.2, 0.25) is 0 Å². The summed E-state index contributed by atoms with van der Waals surface area (Å²) in [5, 5.41) is 18.0. The van der Waals surface area contributed by atoms with Crippen molar-refractivity contribution in [1.29, 1.82) is 0 Å². The molecule has 0 amide bonds. The molecule has 0 bridgehead atoms. The second kappa shape index (κ2) is 6.34. The molecule has 1 heterocycles. The smallest absolute Gasteiger partial charge is 0.0922 e. The highest BCUT2D eigenvalue weighted by Gasteiger charge is 2.12. The lowest BCUT2D eigenvalue weighted by molar-refractivity contribution is 0.171. The summed E-state index contributed by atoms with van der Waals surface area (Å²) in [5.74, 6) is 0. The fourth-order valence-electron chi connectivity index (χ4n) is 1.81. The van der Waals surface area contributed by atoms with Crippen molar-refractivity contribution in [3.05, 3.63) is 57.2 Å². The number of aliphatic hydroxyl groups is 1. The van der Waals surface area contributed by atoms with Crippen molar-refractivity contribution in [1.82, 2.24) is 5.32 Å². The lowest BCUT2D eigenvalue weighted by atomic mass is 10.1. The summed E-state index contributed by atoms with van der Waals surface area (Å²) in [6, 6.07) is 9.82. The van der Waals surface area contributed by atoms with Crippen molar-refractivity contribution in [2.75, 3.05) is 6.54 Å². The third-order valence-corrected chi connectivity index (χ3v) is 3.96. The first-order valence-corrected chi connectivity index (χ1v) is 7.18. The quantitative estimate of drug-likeness (QED) is 0.874. The number of nitrogens with one attached hydrogen (secondary N) is 1. The molecule has 96 valence electrons. The summed E-state index contributed by atoms with van der Waals surface area (Å²) in [5.41, 5.74) is 2.01. The summed E-state index contributed by atoms with van der Waals surface area (Å²) in [7, 11) is 0. The van der Waals surface area contributed by atoms with Gasteiger partial charge in [-0.25, -0.2) is 0 Å². The number of halogens is 1. The van der Waals surface area contributed by atoms with Gasteiger partial charge in [0.05, 0.1) is 6.10 Å². The molecule has 1 aromatic carbocycles. The van der Waals surface area contributed by atoms with E-state index in [2.05, 4.69) is 5.32 Å². The van der Waals surface area contributed by atoms with Crippen LogP contribution in [0.2, 0.25) is 5.02 Å². The monoisotopic (exact) mass is 281 g/mol. The zero-order chi connectivity index (χ0) is 13.0. The summed E-state index contributed by atoms with van der Waals surface area (Å²) in [6.45, 7) is 2.56. The van der Waals surface area contributed by atoms with Crippen LogP contribution >= 0.6 is 22.9 Å². The first kappa shape index (κ1) is 13.6. The Hall–Kier alpha value is -0.870. The average Bonchev–Trinajstić information content (AvgIpc) is 2.90. The summed E-state index contributed by atoms with van der Waals surface area (Å²) in [6.07, 6.45) is -0.471. The van der Waals surface area contributed by atoms with Gasteiger partial charge < -0.3 is 10.4 Å². The fraction of sp³-hybridized carbons (Fsp3) is 0.286. The molecule has 0 radical (unpaired) electrons. The first-order chi connectivity index (χ1) is 8.68. The summed E-state index contributed by atoms with van der Waals surface area (Å²) in [4.78, 5) is 0. The van der Waals surface area contributed by atoms with Gasteiger partial charge >= 0.3 is 0 Å². The third kappa shape index (κ3) is 3.33. The van der Waals surface area contributed by atoms with Crippen LogP contribution in [0, 0.1) is 0 Å². The van der Waals surface area contributed by atoms with Gasteiger partial charge in [-0.05, 0) is 40.9 Å². The van der Waals surface area contributed by atoms with Crippen molar-refractivity contribution >= 4 is 22.9 Å². The van der Waals surface area contributed by atoms with Crippen LogP contribution in [0.4, 0.5) is 0 Å². The Kier molecular flexibility index (Phi) is 4.78. The number of hydrogen-bond donors (Lipinski definition) is 2. The standard InChI is InChI=1S/C14H16ClNOS/c1-10(12-4-2-3-5-13(12)15)16-8-14(17)11-6-7-18-9-11/h2-7,9-10,14,16-17H,8H2,1H3. The van der Waals surface area contributed by atoms with Gasteiger partial charge in [-0.15, -0.1) is 0 Å². The topological polar surface area (TPSA) is 32.3 Å².